The lowest BCUT2D eigenvalue weighted by Crippen LogP contribution is -2.36. The van der Waals surface area contributed by atoms with Gasteiger partial charge in [0.25, 0.3) is 5.91 Å². The Morgan fingerprint density at radius 2 is 1.92 bits per heavy atom. The number of hydrogen-bond acceptors (Lipinski definition) is 7. The van der Waals surface area contributed by atoms with Crippen molar-refractivity contribution in [3.05, 3.63) is 33.8 Å². The Hall–Kier alpha value is -1.90. The molecule has 1 amide bonds. The molecule has 0 radical (unpaired) electrons. The lowest BCUT2D eigenvalue weighted by atomic mass is 10.1. The van der Waals surface area contributed by atoms with Crippen LogP contribution in [-0.2, 0) is 0 Å². The zero-order valence-electron chi connectivity index (χ0n) is 15.0. The summed E-state index contributed by atoms with van der Waals surface area (Å²) in [6.07, 6.45) is 0. The Morgan fingerprint density at radius 3 is 2.56 bits per heavy atom. The van der Waals surface area contributed by atoms with E-state index < -0.39 is 0 Å². The van der Waals surface area contributed by atoms with Crippen LogP contribution in [0.3, 0.4) is 0 Å². The number of hydrogen-bond donors (Lipinski definition) is 0. The highest BCUT2D eigenvalue weighted by molar-refractivity contribution is 7.22. The molecular formula is C17H21N5OS2. The minimum atomic E-state index is -0.0808. The molecule has 25 heavy (non-hydrogen) atoms. The molecule has 2 heterocycles. The van der Waals surface area contributed by atoms with Gasteiger partial charge in [-0.3, -0.25) is 9.69 Å². The topological polar surface area (TPSA) is 62.2 Å². The average molecular weight is 376 g/mol. The number of carbonyl (C=O) groups is 1. The summed E-state index contributed by atoms with van der Waals surface area (Å²) in [7, 11) is 3.99. The second-order valence-electron chi connectivity index (χ2n) is 6.37. The maximum Gasteiger partial charge on any atom is 0.273 e. The van der Waals surface area contributed by atoms with Crippen LogP contribution in [0, 0.1) is 20.8 Å². The van der Waals surface area contributed by atoms with Crippen LogP contribution in [0.2, 0.25) is 0 Å². The van der Waals surface area contributed by atoms with E-state index in [-0.39, 0.29) is 5.91 Å². The summed E-state index contributed by atoms with van der Waals surface area (Å²) in [4.78, 5) is 22.2. The van der Waals surface area contributed by atoms with Gasteiger partial charge in [0.15, 0.2) is 5.13 Å². The van der Waals surface area contributed by atoms with Crippen LogP contribution in [0.1, 0.15) is 26.5 Å². The zero-order chi connectivity index (χ0) is 18.1. The van der Waals surface area contributed by atoms with Gasteiger partial charge in [-0.1, -0.05) is 21.9 Å². The minimum absolute atomic E-state index is 0.0808. The molecule has 0 bridgehead atoms. The van der Waals surface area contributed by atoms with Crippen LogP contribution in [0.25, 0.3) is 10.2 Å². The average Bonchev–Trinajstić information content (AvgIpc) is 3.13. The Labute approximate surface area is 155 Å². The van der Waals surface area contributed by atoms with E-state index in [1.165, 1.54) is 5.56 Å². The fraction of sp³-hybridized carbons (Fsp3) is 0.412. The van der Waals surface area contributed by atoms with Crippen LogP contribution in [0.4, 0.5) is 5.13 Å². The molecule has 3 aromatic rings. The van der Waals surface area contributed by atoms with Gasteiger partial charge in [-0.2, -0.15) is 0 Å². The zero-order valence-corrected chi connectivity index (χ0v) is 16.7. The van der Waals surface area contributed by atoms with E-state index in [1.807, 2.05) is 21.0 Å². The van der Waals surface area contributed by atoms with E-state index in [0.29, 0.717) is 17.1 Å². The first kappa shape index (κ1) is 17.9. The summed E-state index contributed by atoms with van der Waals surface area (Å²) in [6.45, 7) is 7.27. The smallest absolute Gasteiger partial charge is 0.273 e. The van der Waals surface area contributed by atoms with Crippen molar-refractivity contribution < 1.29 is 4.79 Å². The van der Waals surface area contributed by atoms with Gasteiger partial charge >= 0.3 is 0 Å². The summed E-state index contributed by atoms with van der Waals surface area (Å²) < 4.78 is 5.01. The third-order valence-corrected chi connectivity index (χ3v) is 5.75. The highest BCUT2D eigenvalue weighted by Crippen LogP contribution is 2.32. The second-order valence-corrected chi connectivity index (χ2v) is 8.14. The first-order valence-electron chi connectivity index (χ1n) is 8.00. The van der Waals surface area contributed by atoms with Crippen molar-refractivity contribution in [1.29, 1.82) is 0 Å². The molecule has 0 N–H and O–H groups in total. The van der Waals surface area contributed by atoms with Crippen molar-refractivity contribution in [1.82, 2.24) is 19.5 Å². The molecule has 2 aromatic heterocycles. The van der Waals surface area contributed by atoms with Crippen LogP contribution in [-0.4, -0.2) is 52.6 Å². The normalized spacial score (nSPS) is 11.4. The van der Waals surface area contributed by atoms with Gasteiger partial charge in [0.05, 0.1) is 15.9 Å². The highest BCUT2D eigenvalue weighted by atomic mass is 32.1. The van der Waals surface area contributed by atoms with Crippen molar-refractivity contribution in [3.8, 4) is 0 Å². The molecule has 0 fully saturated rings. The number of rotatable bonds is 5. The van der Waals surface area contributed by atoms with Crippen molar-refractivity contribution in [2.45, 2.75) is 20.8 Å². The monoisotopic (exact) mass is 375 g/mol. The Morgan fingerprint density at radius 1 is 1.16 bits per heavy atom. The molecule has 0 aliphatic carbocycles. The van der Waals surface area contributed by atoms with Gasteiger partial charge in [-0.25, -0.2) is 4.98 Å². The molecular weight excluding hydrogens is 354 g/mol. The first-order chi connectivity index (χ1) is 11.9. The first-order valence-corrected chi connectivity index (χ1v) is 9.59. The number of anilines is 1. The third-order valence-electron chi connectivity index (χ3n) is 3.91. The van der Waals surface area contributed by atoms with Crippen molar-refractivity contribution in [2.75, 3.05) is 32.1 Å². The molecule has 0 saturated carbocycles. The number of nitrogens with zero attached hydrogens (tertiary/aromatic N) is 5. The number of benzene rings is 1. The fourth-order valence-electron chi connectivity index (χ4n) is 2.61. The molecule has 0 spiro atoms. The standard InChI is InChI=1S/C17H21N5OS2/c1-10-8-11(2)14-13(9-10)24-17(18-14)22(7-6-21(4)5)16(23)15-12(3)19-20-25-15/h8-9H,6-7H2,1-5H3. The predicted octanol–water partition coefficient (Wildman–Crippen LogP) is 3.28. The van der Waals surface area contributed by atoms with E-state index in [0.717, 1.165) is 39.0 Å². The van der Waals surface area contributed by atoms with Gasteiger partial charge in [-0.05, 0) is 63.6 Å². The van der Waals surface area contributed by atoms with E-state index in [9.17, 15) is 4.79 Å². The van der Waals surface area contributed by atoms with Crippen LogP contribution >= 0.6 is 22.9 Å². The molecule has 1 aromatic carbocycles. The summed E-state index contributed by atoms with van der Waals surface area (Å²) in [5.41, 5.74) is 3.97. The molecule has 0 aliphatic rings. The fourth-order valence-corrected chi connectivity index (χ4v) is 4.38. The highest BCUT2D eigenvalue weighted by Gasteiger charge is 2.25. The maximum atomic E-state index is 13.1. The lowest BCUT2D eigenvalue weighted by molar-refractivity contribution is 0.0988. The van der Waals surface area contributed by atoms with Crippen molar-refractivity contribution >= 4 is 44.1 Å². The number of aromatic nitrogens is 3. The number of amides is 1. The van der Waals surface area contributed by atoms with Gasteiger partial charge in [0.2, 0.25) is 0 Å². The third kappa shape index (κ3) is 3.70. The summed E-state index contributed by atoms with van der Waals surface area (Å²) in [5.74, 6) is -0.0808. The lowest BCUT2D eigenvalue weighted by Gasteiger charge is -2.21. The maximum absolute atomic E-state index is 13.1. The predicted molar refractivity (Wildman–Crippen MR) is 104 cm³/mol. The van der Waals surface area contributed by atoms with Crippen molar-refractivity contribution in [3.63, 3.8) is 0 Å². The molecule has 132 valence electrons. The number of carbonyl (C=O) groups excluding carboxylic acids is 1. The molecule has 0 unspecified atom stereocenters. The summed E-state index contributed by atoms with van der Waals surface area (Å²) in [5, 5.41) is 4.70. The minimum Gasteiger partial charge on any atom is -0.308 e. The molecule has 0 saturated heterocycles. The van der Waals surface area contributed by atoms with E-state index >= 15 is 0 Å². The van der Waals surface area contributed by atoms with Gasteiger partial charge in [0.1, 0.15) is 4.88 Å². The molecule has 0 aliphatic heterocycles. The van der Waals surface area contributed by atoms with Gasteiger partial charge in [0, 0.05) is 13.1 Å². The van der Waals surface area contributed by atoms with E-state index in [2.05, 4.69) is 40.5 Å². The Kier molecular flexibility index (Phi) is 5.12. The largest absolute Gasteiger partial charge is 0.308 e. The second kappa shape index (κ2) is 7.15. The van der Waals surface area contributed by atoms with Crippen LogP contribution < -0.4 is 4.90 Å². The van der Waals surface area contributed by atoms with E-state index in [4.69, 9.17) is 4.98 Å². The quantitative estimate of drug-likeness (QED) is 0.685. The molecule has 3 rings (SSSR count). The summed E-state index contributed by atoms with van der Waals surface area (Å²) >= 11 is 2.69. The molecule has 0 atom stereocenters. The number of fused-ring (bicyclic) bond motifs is 1. The SMILES string of the molecule is Cc1cc(C)c2nc(N(CCN(C)C)C(=O)c3snnc3C)sc2c1. The molecule has 6 nitrogen and oxygen atoms in total. The number of aryl methyl sites for hydroxylation is 3. The Balaban J connectivity index is 2.03. The number of likely N-dealkylation sites (N-methyl/N-ethyl adjacent to an activating group) is 1. The number of thiazole rings is 1. The van der Waals surface area contributed by atoms with Crippen LogP contribution in [0.15, 0.2) is 12.1 Å². The van der Waals surface area contributed by atoms with Crippen LogP contribution in [0.5, 0.6) is 0 Å². The summed E-state index contributed by atoms with van der Waals surface area (Å²) in [6, 6.07) is 4.24. The van der Waals surface area contributed by atoms with Gasteiger partial charge in [-0.15, -0.1) is 5.10 Å². The van der Waals surface area contributed by atoms with E-state index in [1.54, 1.807) is 16.2 Å². The Bertz CT molecular complexity index is 915. The van der Waals surface area contributed by atoms with Gasteiger partial charge < -0.3 is 4.90 Å². The van der Waals surface area contributed by atoms with Crippen molar-refractivity contribution in [2.24, 2.45) is 0 Å². The molecule has 8 heteroatoms.